The molecule has 5 rings (SSSR count). The lowest BCUT2D eigenvalue weighted by Crippen LogP contribution is -2.45. The summed E-state index contributed by atoms with van der Waals surface area (Å²) in [6.07, 6.45) is 1.69. The summed E-state index contributed by atoms with van der Waals surface area (Å²) in [5.74, 6) is -0.139. The molecule has 1 saturated heterocycles. The molecule has 0 aliphatic carbocycles. The number of piperazine rings is 1. The molecule has 1 aromatic carbocycles. The Labute approximate surface area is 197 Å². The number of hydrogen-bond acceptors (Lipinski definition) is 7. The van der Waals surface area contributed by atoms with Gasteiger partial charge in [-0.2, -0.15) is 19.6 Å². The highest BCUT2D eigenvalue weighted by molar-refractivity contribution is 9.10. The lowest BCUT2D eigenvalue weighted by Gasteiger charge is -2.33. The van der Waals surface area contributed by atoms with Crippen LogP contribution >= 0.6 is 15.9 Å². The van der Waals surface area contributed by atoms with Crippen molar-refractivity contribution in [1.29, 1.82) is 0 Å². The molecule has 4 heterocycles. The maximum Gasteiger partial charge on any atom is 0.232 e. The Bertz CT molecular complexity index is 1310. The maximum atomic E-state index is 14.2. The average Bonchev–Trinajstić information content (AvgIpc) is 3.38. The number of aromatic nitrogens is 6. The van der Waals surface area contributed by atoms with Crippen molar-refractivity contribution >= 4 is 44.5 Å². The Morgan fingerprint density at radius 3 is 2.61 bits per heavy atom. The molecule has 0 atom stereocenters. The Morgan fingerprint density at radius 1 is 1.12 bits per heavy atom. The molecule has 3 aromatic heterocycles. The maximum absolute atomic E-state index is 14.2. The number of nitrogens with one attached hydrogen (secondary N) is 1. The number of nitrogens with zero attached hydrogens (tertiary/aromatic N) is 8. The molecule has 33 heavy (non-hydrogen) atoms. The van der Waals surface area contributed by atoms with Crippen LogP contribution in [0.5, 0.6) is 0 Å². The monoisotopic (exact) mass is 519 g/mol. The van der Waals surface area contributed by atoms with Crippen molar-refractivity contribution in [2.75, 3.05) is 43.0 Å². The number of fused-ring (bicyclic) bond motifs is 2. The summed E-state index contributed by atoms with van der Waals surface area (Å²) in [5.41, 5.74) is 1.10. The van der Waals surface area contributed by atoms with Crippen LogP contribution in [0.4, 0.5) is 20.7 Å². The minimum absolute atomic E-state index is 0.0125. The number of likely N-dealkylation sites (N-methyl/N-ethyl adjacent to an activating group) is 1. The summed E-state index contributed by atoms with van der Waals surface area (Å²) in [5, 5.41) is 4.47. The van der Waals surface area contributed by atoms with Crippen LogP contribution in [-0.2, 0) is 6.54 Å². The number of H-pyrrole nitrogens is 1. The van der Waals surface area contributed by atoms with Crippen LogP contribution in [-0.4, -0.2) is 73.7 Å². The van der Waals surface area contributed by atoms with Crippen molar-refractivity contribution in [3.8, 4) is 0 Å². The third-order valence-corrected chi connectivity index (χ3v) is 6.44. The lowest BCUT2D eigenvalue weighted by atomic mass is 10.3. The summed E-state index contributed by atoms with van der Waals surface area (Å²) in [7, 11) is 2.10. The van der Waals surface area contributed by atoms with Gasteiger partial charge in [0.25, 0.3) is 0 Å². The zero-order valence-electron chi connectivity index (χ0n) is 18.6. The van der Waals surface area contributed by atoms with E-state index in [1.807, 2.05) is 18.7 Å². The molecule has 1 aliphatic heterocycles. The van der Waals surface area contributed by atoms with Crippen molar-refractivity contribution < 1.29 is 8.78 Å². The van der Waals surface area contributed by atoms with E-state index in [1.54, 1.807) is 10.7 Å². The Kier molecular flexibility index (Phi) is 5.65. The van der Waals surface area contributed by atoms with Gasteiger partial charge in [0.05, 0.1) is 22.7 Å². The van der Waals surface area contributed by atoms with E-state index in [4.69, 9.17) is 9.97 Å². The summed E-state index contributed by atoms with van der Waals surface area (Å²) < 4.78 is 30.3. The summed E-state index contributed by atoms with van der Waals surface area (Å²) in [6, 6.07) is 2.60. The second kappa shape index (κ2) is 8.49. The summed E-state index contributed by atoms with van der Waals surface area (Å²) >= 11 is 3.55. The highest BCUT2D eigenvalue weighted by Gasteiger charge is 2.25. The van der Waals surface area contributed by atoms with Crippen LogP contribution in [0.25, 0.3) is 16.7 Å². The number of benzene rings is 1. The van der Waals surface area contributed by atoms with Gasteiger partial charge in [-0.05, 0) is 49.0 Å². The first-order chi connectivity index (χ1) is 15.8. The zero-order valence-corrected chi connectivity index (χ0v) is 20.1. The minimum Gasteiger partial charge on any atom is -0.340 e. The van der Waals surface area contributed by atoms with Gasteiger partial charge >= 0.3 is 0 Å². The van der Waals surface area contributed by atoms with Crippen molar-refractivity contribution in [3.05, 3.63) is 40.3 Å². The first-order valence-electron chi connectivity index (χ1n) is 10.8. The van der Waals surface area contributed by atoms with Gasteiger partial charge in [0, 0.05) is 32.2 Å². The van der Waals surface area contributed by atoms with Crippen LogP contribution in [0.15, 0.2) is 22.8 Å². The van der Waals surface area contributed by atoms with Gasteiger partial charge < -0.3 is 19.7 Å². The highest BCUT2D eigenvalue weighted by atomic mass is 79.9. The molecule has 0 spiro atoms. The van der Waals surface area contributed by atoms with E-state index < -0.39 is 11.6 Å². The fourth-order valence-corrected chi connectivity index (χ4v) is 4.30. The standard InChI is InChI=1S/C21H24BrF2N9/c1-12(2)32(11-16-26-15-5-4-14(23)17(24)18(15)27-16)21-29-20(31-8-6-30(3)7-9-31)28-19-13(22)10-25-33(19)21/h4-5,10,12H,6-9,11H2,1-3H3,(H,26,27). The SMILES string of the molecule is CC(C)N(Cc1nc2c(F)c(F)ccc2[nH]1)c1nc(N2CCN(C)CC2)nc2c(Br)cnn12. The van der Waals surface area contributed by atoms with Crippen LogP contribution in [0.1, 0.15) is 19.7 Å². The van der Waals surface area contributed by atoms with E-state index in [2.05, 4.69) is 47.8 Å². The Hall–Kier alpha value is -2.86. The van der Waals surface area contributed by atoms with E-state index >= 15 is 0 Å². The van der Waals surface area contributed by atoms with Crippen LogP contribution in [0.2, 0.25) is 0 Å². The average molecular weight is 520 g/mol. The molecule has 0 unspecified atom stereocenters. The molecular weight excluding hydrogens is 496 g/mol. The van der Waals surface area contributed by atoms with Gasteiger partial charge in [0.1, 0.15) is 11.3 Å². The molecule has 9 nitrogen and oxygen atoms in total. The van der Waals surface area contributed by atoms with Gasteiger partial charge in [-0.25, -0.2) is 13.8 Å². The molecule has 0 amide bonds. The van der Waals surface area contributed by atoms with E-state index in [0.29, 0.717) is 35.4 Å². The minimum atomic E-state index is -0.955. The topological polar surface area (TPSA) is 81.5 Å². The molecule has 0 radical (unpaired) electrons. The first kappa shape index (κ1) is 22.0. The van der Waals surface area contributed by atoms with E-state index in [-0.39, 0.29) is 11.6 Å². The van der Waals surface area contributed by atoms with Crippen LogP contribution < -0.4 is 9.80 Å². The van der Waals surface area contributed by atoms with Gasteiger partial charge in [0.2, 0.25) is 11.9 Å². The van der Waals surface area contributed by atoms with Crippen molar-refractivity contribution in [3.63, 3.8) is 0 Å². The third kappa shape index (κ3) is 4.01. The molecule has 0 bridgehead atoms. The first-order valence-corrected chi connectivity index (χ1v) is 11.5. The predicted octanol–water partition coefficient (Wildman–Crippen LogP) is 3.21. The van der Waals surface area contributed by atoms with Gasteiger partial charge in [-0.1, -0.05) is 0 Å². The van der Waals surface area contributed by atoms with Crippen LogP contribution in [0, 0.1) is 11.6 Å². The van der Waals surface area contributed by atoms with E-state index in [0.717, 1.165) is 36.7 Å². The van der Waals surface area contributed by atoms with Gasteiger partial charge in [-0.15, -0.1) is 0 Å². The number of anilines is 2. The fraction of sp³-hybridized carbons (Fsp3) is 0.429. The molecule has 1 fully saturated rings. The number of rotatable bonds is 5. The third-order valence-electron chi connectivity index (χ3n) is 5.88. The second-order valence-electron chi connectivity index (χ2n) is 8.50. The number of hydrogen-bond donors (Lipinski definition) is 1. The van der Waals surface area contributed by atoms with E-state index in [9.17, 15) is 8.78 Å². The molecule has 12 heteroatoms. The molecular formula is C21H24BrF2N9. The molecule has 1 aliphatic rings. The number of halogens is 3. The molecule has 1 N–H and O–H groups in total. The quantitative estimate of drug-likeness (QED) is 0.433. The van der Waals surface area contributed by atoms with E-state index in [1.165, 1.54) is 6.07 Å². The summed E-state index contributed by atoms with van der Waals surface area (Å²) in [4.78, 5) is 23.5. The summed E-state index contributed by atoms with van der Waals surface area (Å²) in [6.45, 7) is 7.88. The second-order valence-corrected chi connectivity index (χ2v) is 9.36. The van der Waals surface area contributed by atoms with Gasteiger partial charge in [-0.3, -0.25) is 0 Å². The smallest absolute Gasteiger partial charge is 0.232 e. The van der Waals surface area contributed by atoms with Gasteiger partial charge in [0.15, 0.2) is 17.3 Å². The lowest BCUT2D eigenvalue weighted by molar-refractivity contribution is 0.311. The Morgan fingerprint density at radius 2 is 1.88 bits per heavy atom. The van der Waals surface area contributed by atoms with Crippen LogP contribution in [0.3, 0.4) is 0 Å². The molecule has 174 valence electrons. The number of aromatic amines is 1. The van der Waals surface area contributed by atoms with Crippen molar-refractivity contribution in [1.82, 2.24) is 34.4 Å². The Balaban J connectivity index is 1.57. The van der Waals surface area contributed by atoms with Crippen molar-refractivity contribution in [2.45, 2.75) is 26.4 Å². The largest absolute Gasteiger partial charge is 0.340 e. The van der Waals surface area contributed by atoms with Crippen molar-refractivity contribution in [2.24, 2.45) is 0 Å². The molecule has 4 aromatic rings. The number of imidazole rings is 1. The molecule has 0 saturated carbocycles. The highest BCUT2D eigenvalue weighted by Crippen LogP contribution is 2.27. The normalized spacial score (nSPS) is 15.3. The fourth-order valence-electron chi connectivity index (χ4n) is 3.95. The zero-order chi connectivity index (χ0) is 23.3. The predicted molar refractivity (Wildman–Crippen MR) is 126 cm³/mol.